The van der Waals surface area contributed by atoms with E-state index in [-0.39, 0.29) is 30.5 Å². The van der Waals surface area contributed by atoms with Crippen LogP contribution in [0.1, 0.15) is 17.2 Å². The van der Waals surface area contributed by atoms with Crippen molar-refractivity contribution in [3.05, 3.63) is 71.8 Å². The number of rotatable bonds is 5. The lowest BCUT2D eigenvalue weighted by molar-refractivity contribution is -0.126. The second-order valence-electron chi connectivity index (χ2n) is 7.03. The van der Waals surface area contributed by atoms with E-state index in [1.807, 2.05) is 60.7 Å². The van der Waals surface area contributed by atoms with Gasteiger partial charge in [0.1, 0.15) is 0 Å². The molecule has 0 bridgehead atoms. The second kappa shape index (κ2) is 7.72. The van der Waals surface area contributed by atoms with Crippen molar-refractivity contribution >= 4 is 18.0 Å². The molecule has 0 aromatic heterocycles. The van der Waals surface area contributed by atoms with Crippen LogP contribution in [0, 0.1) is 5.92 Å². The van der Waals surface area contributed by atoms with Crippen LogP contribution in [0.2, 0.25) is 0 Å². The number of ether oxygens (including phenoxy) is 1. The fraction of sp³-hybridized carbons (Fsp3) is 0.286. The third kappa shape index (κ3) is 3.69. The van der Waals surface area contributed by atoms with Crippen molar-refractivity contribution in [1.82, 2.24) is 15.1 Å². The number of nitrogens with one attached hydrogen (secondary N) is 1. The molecule has 0 atom stereocenters. The molecule has 0 saturated carbocycles. The van der Waals surface area contributed by atoms with E-state index in [1.54, 1.807) is 4.90 Å². The first-order valence-electron chi connectivity index (χ1n) is 9.24. The molecule has 7 nitrogen and oxygen atoms in total. The Labute approximate surface area is 162 Å². The minimum absolute atomic E-state index is 0.0762. The molecule has 2 saturated heterocycles. The van der Waals surface area contributed by atoms with Gasteiger partial charge in [0.25, 0.3) is 5.91 Å². The molecule has 2 fully saturated rings. The highest BCUT2D eigenvalue weighted by atomic mass is 16.6. The minimum atomic E-state index is -0.596. The number of likely N-dealkylation sites (tertiary alicyclic amines) is 1. The molecule has 7 heteroatoms. The molecule has 2 aromatic carbocycles. The summed E-state index contributed by atoms with van der Waals surface area (Å²) in [6, 6.07) is 19.2. The summed E-state index contributed by atoms with van der Waals surface area (Å²) in [5, 5.41) is 3.10. The van der Waals surface area contributed by atoms with Gasteiger partial charge in [0, 0.05) is 25.6 Å². The van der Waals surface area contributed by atoms with Crippen LogP contribution in [-0.4, -0.2) is 54.1 Å². The molecular formula is C21H21N3O4. The predicted octanol–water partition coefficient (Wildman–Crippen LogP) is 2.40. The quantitative estimate of drug-likeness (QED) is 0.865. The Balaban J connectivity index is 1.38. The van der Waals surface area contributed by atoms with E-state index in [0.717, 1.165) is 16.0 Å². The van der Waals surface area contributed by atoms with Crippen molar-refractivity contribution in [2.24, 2.45) is 5.92 Å². The summed E-state index contributed by atoms with van der Waals surface area (Å²) in [5.74, 6) is -0.242. The van der Waals surface area contributed by atoms with E-state index in [9.17, 15) is 14.4 Å². The van der Waals surface area contributed by atoms with Crippen molar-refractivity contribution < 1.29 is 19.1 Å². The molecule has 2 aliphatic heterocycles. The van der Waals surface area contributed by atoms with E-state index < -0.39 is 6.09 Å². The highest BCUT2D eigenvalue weighted by Gasteiger charge is 2.38. The number of imide groups is 1. The zero-order valence-electron chi connectivity index (χ0n) is 15.3. The number of carbonyl (C=O) groups is 3. The van der Waals surface area contributed by atoms with Crippen molar-refractivity contribution in [1.29, 1.82) is 0 Å². The topological polar surface area (TPSA) is 79.0 Å². The first kappa shape index (κ1) is 18.0. The van der Waals surface area contributed by atoms with Crippen LogP contribution in [-0.2, 0) is 9.53 Å². The van der Waals surface area contributed by atoms with E-state index >= 15 is 0 Å². The van der Waals surface area contributed by atoms with Crippen molar-refractivity contribution in [3.63, 3.8) is 0 Å². The smallest absolute Gasteiger partial charge is 0.417 e. The van der Waals surface area contributed by atoms with Gasteiger partial charge < -0.3 is 15.0 Å². The van der Waals surface area contributed by atoms with Gasteiger partial charge in [0.05, 0.1) is 6.04 Å². The summed E-state index contributed by atoms with van der Waals surface area (Å²) in [6.07, 6.45) is -0.596. The van der Waals surface area contributed by atoms with Gasteiger partial charge in [-0.25, -0.2) is 14.5 Å². The summed E-state index contributed by atoms with van der Waals surface area (Å²) < 4.78 is 4.72. The maximum atomic E-state index is 12.7. The van der Waals surface area contributed by atoms with Crippen LogP contribution >= 0.6 is 0 Å². The van der Waals surface area contributed by atoms with Gasteiger partial charge >= 0.3 is 12.1 Å². The molecule has 0 radical (unpaired) electrons. The van der Waals surface area contributed by atoms with Crippen LogP contribution in [0.3, 0.4) is 0 Å². The van der Waals surface area contributed by atoms with Crippen LogP contribution in [0.5, 0.6) is 0 Å². The Morgan fingerprint density at radius 3 is 2.07 bits per heavy atom. The van der Waals surface area contributed by atoms with Crippen molar-refractivity contribution in [2.75, 3.05) is 26.2 Å². The third-order valence-corrected chi connectivity index (χ3v) is 5.06. The molecule has 0 unspecified atom stereocenters. The number of carbonyl (C=O) groups excluding carboxylic acids is 3. The molecule has 2 heterocycles. The first-order valence-corrected chi connectivity index (χ1v) is 9.24. The lowest BCUT2D eigenvalue weighted by Gasteiger charge is -2.40. The maximum Gasteiger partial charge on any atom is 0.417 e. The molecule has 28 heavy (non-hydrogen) atoms. The summed E-state index contributed by atoms with van der Waals surface area (Å²) in [5.41, 5.74) is 2.01. The van der Waals surface area contributed by atoms with Gasteiger partial charge in [-0.15, -0.1) is 0 Å². The van der Waals surface area contributed by atoms with Gasteiger partial charge in [-0.05, 0) is 11.1 Å². The number of urea groups is 1. The van der Waals surface area contributed by atoms with Crippen LogP contribution in [0.25, 0.3) is 0 Å². The van der Waals surface area contributed by atoms with Crippen LogP contribution < -0.4 is 5.32 Å². The van der Waals surface area contributed by atoms with Gasteiger partial charge in [-0.1, -0.05) is 60.7 Å². The molecular weight excluding hydrogens is 358 g/mol. The fourth-order valence-corrected chi connectivity index (χ4v) is 3.53. The summed E-state index contributed by atoms with van der Waals surface area (Å²) in [6.45, 7) is 1.10. The van der Waals surface area contributed by atoms with Crippen LogP contribution in [0.4, 0.5) is 9.59 Å². The first-order chi connectivity index (χ1) is 13.6. The Morgan fingerprint density at radius 2 is 1.57 bits per heavy atom. The molecule has 2 aliphatic rings. The molecule has 4 rings (SSSR count). The maximum absolute atomic E-state index is 12.7. The van der Waals surface area contributed by atoms with Crippen molar-refractivity contribution in [2.45, 2.75) is 6.04 Å². The number of hydrogen-bond donors (Lipinski definition) is 1. The Morgan fingerprint density at radius 1 is 1.00 bits per heavy atom. The molecule has 4 amide bonds. The summed E-state index contributed by atoms with van der Waals surface area (Å²) in [7, 11) is 0. The van der Waals surface area contributed by atoms with E-state index in [0.29, 0.717) is 19.6 Å². The van der Waals surface area contributed by atoms with E-state index in [1.165, 1.54) is 0 Å². The van der Waals surface area contributed by atoms with E-state index in [2.05, 4.69) is 5.32 Å². The molecule has 0 spiro atoms. The number of cyclic esters (lactones) is 1. The average Bonchev–Trinajstić information content (AvgIpc) is 3.01. The molecule has 1 N–H and O–H groups in total. The normalized spacial score (nSPS) is 16.9. The fourth-order valence-electron chi connectivity index (χ4n) is 3.53. The highest BCUT2D eigenvalue weighted by Crippen LogP contribution is 2.24. The average molecular weight is 379 g/mol. The molecule has 2 aromatic rings. The monoisotopic (exact) mass is 379 g/mol. The number of benzene rings is 2. The molecule has 0 aliphatic carbocycles. The van der Waals surface area contributed by atoms with E-state index in [4.69, 9.17) is 4.74 Å². The summed E-state index contributed by atoms with van der Waals surface area (Å²) >= 11 is 0. The van der Waals surface area contributed by atoms with Gasteiger partial charge in [0.15, 0.2) is 6.61 Å². The van der Waals surface area contributed by atoms with Gasteiger partial charge in [0.2, 0.25) is 0 Å². The summed E-state index contributed by atoms with van der Waals surface area (Å²) in [4.78, 5) is 38.7. The Bertz CT molecular complexity index is 810. The van der Waals surface area contributed by atoms with Crippen molar-refractivity contribution in [3.8, 4) is 0 Å². The SMILES string of the molecule is O=C(NC(c1ccccc1)c1ccccc1)N1CC(CN2C(=O)COC2=O)C1. The number of nitrogens with zero attached hydrogens (tertiary/aromatic N) is 2. The Hall–Kier alpha value is -3.35. The largest absolute Gasteiger partial charge is 0.439 e. The standard InChI is InChI=1S/C21H21N3O4/c25-18-14-28-21(27)24(18)13-15-11-23(12-15)20(26)22-19(16-7-3-1-4-8-16)17-9-5-2-6-10-17/h1-10,15,19H,11-14H2,(H,22,26). The number of amides is 4. The van der Waals surface area contributed by atoms with Gasteiger partial charge in [-0.2, -0.15) is 0 Å². The second-order valence-corrected chi connectivity index (χ2v) is 7.03. The zero-order valence-corrected chi connectivity index (χ0v) is 15.3. The minimum Gasteiger partial charge on any atom is -0.439 e. The Kier molecular flexibility index (Phi) is 4.97. The third-order valence-electron chi connectivity index (χ3n) is 5.06. The van der Waals surface area contributed by atoms with Crippen LogP contribution in [0.15, 0.2) is 60.7 Å². The predicted molar refractivity (Wildman–Crippen MR) is 101 cm³/mol. The number of hydrogen-bond acceptors (Lipinski definition) is 4. The van der Waals surface area contributed by atoms with Gasteiger partial charge in [-0.3, -0.25) is 4.79 Å². The zero-order chi connectivity index (χ0) is 19.5. The lowest BCUT2D eigenvalue weighted by atomic mass is 9.98. The molecule has 144 valence electrons. The highest BCUT2D eigenvalue weighted by molar-refractivity contribution is 5.97. The lowest BCUT2D eigenvalue weighted by Crippen LogP contribution is -2.57.